The van der Waals surface area contributed by atoms with E-state index in [1.165, 1.54) is 37.2 Å². The number of fused-ring (bicyclic) bond motifs is 2. The fraction of sp³-hybridized carbons (Fsp3) is 0.929. The topological polar surface area (TPSA) is 35.5 Å². The molecule has 0 saturated heterocycles. The molecule has 3 fully saturated rings. The molecule has 0 N–H and O–H groups in total. The van der Waals surface area contributed by atoms with Gasteiger partial charge in [-0.3, -0.25) is 0 Å². The second-order valence-corrected chi connectivity index (χ2v) is 7.26. The lowest BCUT2D eigenvalue weighted by molar-refractivity contribution is -0.156. The molecule has 3 rings (SSSR count). The van der Waals surface area contributed by atoms with E-state index in [9.17, 15) is 4.79 Å². The summed E-state index contributed by atoms with van der Waals surface area (Å²) in [6.07, 6.45) is 7.99. The van der Waals surface area contributed by atoms with Gasteiger partial charge in [0.05, 0.1) is 7.11 Å². The van der Waals surface area contributed by atoms with Crippen molar-refractivity contribution in [3.63, 3.8) is 0 Å². The monoisotopic (exact) mass is 364 g/mol. The first-order chi connectivity index (χ1) is 8.61. The highest BCUT2D eigenvalue weighted by molar-refractivity contribution is 14.1. The molecule has 4 unspecified atom stereocenters. The van der Waals surface area contributed by atoms with Crippen molar-refractivity contribution in [2.45, 2.75) is 50.5 Å². The Hall–Kier alpha value is 0. The van der Waals surface area contributed by atoms with Gasteiger partial charge in [-0.2, -0.15) is 0 Å². The summed E-state index contributed by atoms with van der Waals surface area (Å²) in [4.78, 5) is 11.5. The van der Waals surface area contributed by atoms with Crippen molar-refractivity contribution >= 4 is 28.7 Å². The minimum atomic E-state index is -0.489. The first-order valence-corrected chi connectivity index (χ1v) is 8.47. The van der Waals surface area contributed by atoms with Crippen LogP contribution in [0.1, 0.15) is 44.9 Å². The van der Waals surface area contributed by atoms with Crippen LogP contribution in [0.4, 0.5) is 4.79 Å². The van der Waals surface area contributed by atoms with Gasteiger partial charge in [-0.05, 0) is 62.2 Å². The molecule has 3 nitrogen and oxygen atoms in total. The van der Waals surface area contributed by atoms with Gasteiger partial charge in [0.15, 0.2) is 0 Å². The molecule has 4 heteroatoms. The highest BCUT2D eigenvalue weighted by atomic mass is 127. The van der Waals surface area contributed by atoms with E-state index in [-0.39, 0.29) is 5.60 Å². The van der Waals surface area contributed by atoms with E-state index in [0.717, 1.165) is 31.1 Å². The summed E-state index contributed by atoms with van der Waals surface area (Å²) in [5.41, 5.74) is 0.228. The summed E-state index contributed by atoms with van der Waals surface area (Å²) in [5, 5.41) is 0. The van der Waals surface area contributed by atoms with Crippen LogP contribution in [-0.4, -0.2) is 23.3 Å². The molecule has 0 heterocycles. The molecule has 0 aliphatic heterocycles. The lowest BCUT2D eigenvalue weighted by Gasteiger charge is -2.60. The number of rotatable bonds is 2. The summed E-state index contributed by atoms with van der Waals surface area (Å²) >= 11 is 2.54. The fourth-order valence-electron chi connectivity index (χ4n) is 4.85. The minimum absolute atomic E-state index is 0.210. The van der Waals surface area contributed by atoms with E-state index in [4.69, 9.17) is 9.47 Å². The third-order valence-electron chi connectivity index (χ3n) is 5.50. The highest BCUT2D eigenvalue weighted by Gasteiger charge is 2.58. The van der Waals surface area contributed by atoms with Crippen LogP contribution in [0.3, 0.4) is 0 Å². The van der Waals surface area contributed by atoms with Crippen molar-refractivity contribution in [2.24, 2.45) is 17.3 Å². The minimum Gasteiger partial charge on any atom is -0.438 e. The van der Waals surface area contributed by atoms with Gasteiger partial charge in [0.1, 0.15) is 5.60 Å². The van der Waals surface area contributed by atoms with Gasteiger partial charge in [-0.1, -0.05) is 22.6 Å². The summed E-state index contributed by atoms with van der Waals surface area (Å²) in [6, 6.07) is 0. The molecule has 0 aromatic carbocycles. The third-order valence-corrected chi connectivity index (χ3v) is 7.02. The maximum Gasteiger partial charge on any atom is 0.508 e. The average Bonchev–Trinajstić information content (AvgIpc) is 2.36. The lowest BCUT2D eigenvalue weighted by Crippen LogP contribution is -2.57. The number of hydrogen-bond acceptors (Lipinski definition) is 3. The Morgan fingerprint density at radius 2 is 2.17 bits per heavy atom. The van der Waals surface area contributed by atoms with Crippen LogP contribution in [0.2, 0.25) is 0 Å². The molecule has 102 valence electrons. The molecule has 3 aliphatic carbocycles. The zero-order valence-corrected chi connectivity index (χ0v) is 13.1. The highest BCUT2D eigenvalue weighted by Crippen LogP contribution is 2.62. The summed E-state index contributed by atoms with van der Waals surface area (Å²) < 4.78 is 11.6. The van der Waals surface area contributed by atoms with E-state index in [1.807, 2.05) is 0 Å². The quantitative estimate of drug-likeness (QED) is 0.423. The Kier molecular flexibility index (Phi) is 3.27. The molecule has 3 saturated carbocycles. The molecule has 4 atom stereocenters. The van der Waals surface area contributed by atoms with E-state index in [0.29, 0.717) is 5.41 Å². The van der Waals surface area contributed by atoms with Gasteiger partial charge >= 0.3 is 6.16 Å². The van der Waals surface area contributed by atoms with Crippen LogP contribution in [-0.2, 0) is 9.47 Å². The fourth-order valence-corrected chi connectivity index (χ4v) is 6.06. The Morgan fingerprint density at radius 3 is 2.89 bits per heavy atom. The number of carbonyl (C=O) groups excluding carboxylic acids is 1. The van der Waals surface area contributed by atoms with Crippen molar-refractivity contribution < 1.29 is 14.3 Å². The Bertz CT molecular complexity index is 359. The summed E-state index contributed by atoms with van der Waals surface area (Å²) in [5.74, 6) is 1.62. The van der Waals surface area contributed by atoms with Crippen LogP contribution in [0.5, 0.6) is 0 Å². The summed E-state index contributed by atoms with van der Waals surface area (Å²) in [6.45, 7) is 0. The molecule has 0 radical (unpaired) electrons. The van der Waals surface area contributed by atoms with Crippen LogP contribution < -0.4 is 0 Å². The largest absolute Gasteiger partial charge is 0.508 e. The zero-order chi connectivity index (χ0) is 12.8. The van der Waals surface area contributed by atoms with Crippen molar-refractivity contribution in [3.8, 4) is 0 Å². The van der Waals surface area contributed by atoms with E-state index in [1.54, 1.807) is 0 Å². The van der Waals surface area contributed by atoms with Gasteiger partial charge in [-0.25, -0.2) is 4.79 Å². The first kappa shape index (κ1) is 13.0. The van der Waals surface area contributed by atoms with Crippen molar-refractivity contribution in [2.75, 3.05) is 11.5 Å². The molecular weight excluding hydrogens is 343 g/mol. The van der Waals surface area contributed by atoms with Crippen LogP contribution in [0.25, 0.3) is 0 Å². The first-order valence-electron chi connectivity index (χ1n) is 6.94. The number of carbonyl (C=O) groups is 1. The molecule has 0 aromatic rings. The van der Waals surface area contributed by atoms with Crippen molar-refractivity contribution in [1.29, 1.82) is 0 Å². The molecule has 0 spiro atoms. The number of hydrogen-bond donors (Lipinski definition) is 0. The van der Waals surface area contributed by atoms with Crippen LogP contribution in [0, 0.1) is 17.3 Å². The lowest BCUT2D eigenvalue weighted by atomic mass is 9.49. The molecular formula is C14H21IO3. The number of ether oxygens (including phenoxy) is 2. The number of methoxy groups -OCH3 is 1. The predicted octanol–water partition coefficient (Wildman–Crippen LogP) is 3.93. The van der Waals surface area contributed by atoms with E-state index < -0.39 is 6.16 Å². The molecule has 0 aromatic heterocycles. The molecule has 3 bridgehead atoms. The Labute approximate surface area is 122 Å². The van der Waals surface area contributed by atoms with Gasteiger partial charge in [0.2, 0.25) is 0 Å². The van der Waals surface area contributed by atoms with E-state index >= 15 is 0 Å². The molecule has 0 amide bonds. The van der Waals surface area contributed by atoms with Gasteiger partial charge in [0.25, 0.3) is 0 Å². The van der Waals surface area contributed by atoms with Gasteiger partial charge in [0, 0.05) is 4.43 Å². The van der Waals surface area contributed by atoms with Crippen molar-refractivity contribution in [3.05, 3.63) is 0 Å². The number of alkyl halides is 1. The van der Waals surface area contributed by atoms with Crippen molar-refractivity contribution in [1.82, 2.24) is 0 Å². The average molecular weight is 364 g/mol. The molecule has 18 heavy (non-hydrogen) atoms. The van der Waals surface area contributed by atoms with Gasteiger partial charge in [-0.15, -0.1) is 0 Å². The van der Waals surface area contributed by atoms with Crippen LogP contribution in [0.15, 0.2) is 0 Å². The van der Waals surface area contributed by atoms with E-state index in [2.05, 4.69) is 22.6 Å². The zero-order valence-electron chi connectivity index (χ0n) is 10.9. The molecule has 3 aliphatic rings. The van der Waals surface area contributed by atoms with Crippen LogP contribution >= 0.6 is 22.6 Å². The standard InChI is InChI=1S/C14H21IO3/c1-17-12(16)18-14-5-4-11-3-2-10(7-14)6-13(11,8-14)9-15/h10-11H,2-9H2,1H3. The SMILES string of the molecule is COC(=O)OC12CCC3CCC(C1)CC3(CI)C2. The number of halogens is 1. The maximum absolute atomic E-state index is 11.5. The summed E-state index contributed by atoms with van der Waals surface area (Å²) in [7, 11) is 1.41. The smallest absolute Gasteiger partial charge is 0.438 e. The second-order valence-electron chi connectivity index (χ2n) is 6.50. The predicted molar refractivity (Wildman–Crippen MR) is 76.8 cm³/mol. The Morgan fingerprint density at radius 1 is 1.33 bits per heavy atom. The second kappa shape index (κ2) is 4.53. The van der Waals surface area contributed by atoms with Gasteiger partial charge < -0.3 is 9.47 Å². The Balaban J connectivity index is 1.87. The normalized spacial score (nSPS) is 45.7. The maximum atomic E-state index is 11.5. The third kappa shape index (κ3) is 1.95.